The Morgan fingerprint density at radius 1 is 1.07 bits per heavy atom. The van der Waals surface area contributed by atoms with Crippen LogP contribution in [-0.4, -0.2) is 5.11 Å². The number of halogens is 5. The van der Waals surface area contributed by atoms with E-state index in [2.05, 4.69) is 0 Å². The van der Waals surface area contributed by atoms with Crippen LogP contribution in [0.3, 0.4) is 0 Å². The first-order valence-corrected chi connectivity index (χ1v) is 3.53. The first-order valence-electron chi connectivity index (χ1n) is 3.53. The maximum absolute atomic E-state index is 12.7. The summed E-state index contributed by atoms with van der Waals surface area (Å²) < 4.78 is 61.9. The molecule has 0 saturated carbocycles. The lowest BCUT2D eigenvalue weighted by atomic mass is 10.1. The van der Waals surface area contributed by atoms with Crippen LogP contribution in [0.4, 0.5) is 22.0 Å². The molecule has 0 amide bonds. The zero-order chi connectivity index (χ0) is 10.9. The Hall–Kier alpha value is -1.17. The van der Waals surface area contributed by atoms with Gasteiger partial charge in [-0.05, 0) is 12.1 Å². The summed E-state index contributed by atoms with van der Waals surface area (Å²) >= 11 is 0. The Morgan fingerprint density at radius 3 is 1.93 bits per heavy atom. The lowest BCUT2D eigenvalue weighted by Crippen LogP contribution is -2.13. The van der Waals surface area contributed by atoms with E-state index in [1.54, 1.807) is 0 Å². The minimum absolute atomic E-state index is 0.372. The first-order chi connectivity index (χ1) is 6.38. The average molecular weight is 212 g/mol. The smallest absolute Gasteiger partial charge is 0.392 e. The summed E-state index contributed by atoms with van der Waals surface area (Å²) in [4.78, 5) is 0. The molecule has 0 fully saturated rings. The number of aliphatic hydroxyl groups is 1. The van der Waals surface area contributed by atoms with Crippen molar-refractivity contribution in [3.8, 4) is 0 Å². The Bertz CT molecular complexity index is 344. The second-order valence-corrected chi connectivity index (χ2v) is 2.54. The van der Waals surface area contributed by atoms with Crippen LogP contribution >= 0.6 is 0 Å². The molecule has 0 heterocycles. The summed E-state index contributed by atoms with van der Waals surface area (Å²) in [6.45, 7) is -1.20. The SMILES string of the molecule is OCc1c(F)ccc(F)c1C(F)(F)F. The lowest BCUT2D eigenvalue weighted by Gasteiger charge is -2.12. The number of aliphatic hydroxyl groups excluding tert-OH is 1. The van der Waals surface area contributed by atoms with Crippen LogP contribution in [0.2, 0.25) is 0 Å². The van der Waals surface area contributed by atoms with Crippen LogP contribution in [0, 0.1) is 11.6 Å². The van der Waals surface area contributed by atoms with Gasteiger partial charge >= 0.3 is 6.18 Å². The predicted octanol–water partition coefficient (Wildman–Crippen LogP) is 2.48. The van der Waals surface area contributed by atoms with E-state index in [1.165, 1.54) is 0 Å². The second kappa shape index (κ2) is 3.53. The maximum Gasteiger partial charge on any atom is 0.419 e. The quantitative estimate of drug-likeness (QED) is 0.709. The van der Waals surface area contributed by atoms with Crippen LogP contribution in [-0.2, 0) is 12.8 Å². The molecule has 0 bridgehead atoms. The van der Waals surface area contributed by atoms with E-state index in [1.807, 2.05) is 0 Å². The third kappa shape index (κ3) is 1.84. The normalized spacial score (nSPS) is 11.9. The van der Waals surface area contributed by atoms with Gasteiger partial charge in [-0.2, -0.15) is 13.2 Å². The third-order valence-electron chi connectivity index (χ3n) is 1.65. The first kappa shape index (κ1) is 10.9. The van der Waals surface area contributed by atoms with Crippen molar-refractivity contribution in [3.63, 3.8) is 0 Å². The third-order valence-corrected chi connectivity index (χ3v) is 1.65. The highest BCUT2D eigenvalue weighted by atomic mass is 19.4. The van der Waals surface area contributed by atoms with Gasteiger partial charge in [-0.15, -0.1) is 0 Å². The predicted molar refractivity (Wildman–Crippen MR) is 37.3 cm³/mol. The van der Waals surface area contributed by atoms with Crippen molar-refractivity contribution in [2.24, 2.45) is 0 Å². The molecule has 78 valence electrons. The molecular weight excluding hydrogens is 207 g/mol. The Balaban J connectivity index is 3.46. The van der Waals surface area contributed by atoms with Crippen molar-refractivity contribution in [1.82, 2.24) is 0 Å². The monoisotopic (exact) mass is 212 g/mol. The van der Waals surface area contributed by atoms with Crippen molar-refractivity contribution in [3.05, 3.63) is 34.9 Å². The van der Waals surface area contributed by atoms with Gasteiger partial charge in [0.25, 0.3) is 0 Å². The van der Waals surface area contributed by atoms with Gasteiger partial charge in [-0.25, -0.2) is 8.78 Å². The maximum atomic E-state index is 12.7. The Labute approximate surface area is 75.8 Å². The fourth-order valence-electron chi connectivity index (χ4n) is 1.05. The minimum Gasteiger partial charge on any atom is -0.392 e. The summed E-state index contributed by atoms with van der Waals surface area (Å²) in [6.07, 6.45) is -5.01. The Kier molecular flexibility index (Phi) is 2.75. The van der Waals surface area contributed by atoms with Crippen molar-refractivity contribution in [1.29, 1.82) is 0 Å². The highest BCUT2D eigenvalue weighted by molar-refractivity contribution is 5.31. The van der Waals surface area contributed by atoms with Crippen LogP contribution < -0.4 is 0 Å². The second-order valence-electron chi connectivity index (χ2n) is 2.54. The summed E-state index contributed by atoms with van der Waals surface area (Å²) in [5.41, 5.74) is -2.82. The van der Waals surface area contributed by atoms with Crippen molar-refractivity contribution < 1.29 is 27.1 Å². The van der Waals surface area contributed by atoms with E-state index in [0.717, 1.165) is 0 Å². The highest BCUT2D eigenvalue weighted by Gasteiger charge is 2.37. The minimum atomic E-state index is -5.01. The van der Waals surface area contributed by atoms with Gasteiger partial charge in [0.15, 0.2) is 0 Å². The van der Waals surface area contributed by atoms with Crippen molar-refractivity contribution >= 4 is 0 Å². The molecule has 1 nitrogen and oxygen atoms in total. The molecule has 0 aliphatic heterocycles. The molecule has 0 saturated heterocycles. The molecular formula is C8H5F5O. The number of benzene rings is 1. The van der Waals surface area contributed by atoms with E-state index in [0.29, 0.717) is 12.1 Å². The van der Waals surface area contributed by atoms with Gasteiger partial charge in [-0.3, -0.25) is 0 Å². The topological polar surface area (TPSA) is 20.2 Å². The fraction of sp³-hybridized carbons (Fsp3) is 0.250. The van der Waals surface area contributed by atoms with E-state index in [-0.39, 0.29) is 0 Å². The largest absolute Gasteiger partial charge is 0.419 e. The molecule has 0 aromatic heterocycles. The molecule has 0 unspecified atom stereocenters. The van der Waals surface area contributed by atoms with Gasteiger partial charge in [-0.1, -0.05) is 0 Å². The van der Waals surface area contributed by atoms with Crippen molar-refractivity contribution in [2.75, 3.05) is 0 Å². The molecule has 1 N–H and O–H groups in total. The van der Waals surface area contributed by atoms with Gasteiger partial charge in [0.1, 0.15) is 11.6 Å². The highest BCUT2D eigenvalue weighted by Crippen LogP contribution is 2.35. The van der Waals surface area contributed by atoms with Gasteiger partial charge in [0.2, 0.25) is 0 Å². The molecule has 0 radical (unpaired) electrons. The number of hydrogen-bond acceptors (Lipinski definition) is 1. The zero-order valence-corrected chi connectivity index (χ0v) is 6.70. The van der Waals surface area contributed by atoms with Gasteiger partial charge in [0, 0.05) is 5.56 Å². The number of hydrogen-bond donors (Lipinski definition) is 1. The molecule has 1 aromatic rings. The number of alkyl halides is 3. The van der Waals surface area contributed by atoms with Crippen LogP contribution in [0.1, 0.15) is 11.1 Å². The fourth-order valence-corrected chi connectivity index (χ4v) is 1.05. The summed E-state index contributed by atoms with van der Waals surface area (Å²) in [5, 5.41) is 8.48. The Morgan fingerprint density at radius 2 is 1.57 bits per heavy atom. The molecule has 0 atom stereocenters. The van der Waals surface area contributed by atoms with Crippen molar-refractivity contribution in [2.45, 2.75) is 12.8 Å². The van der Waals surface area contributed by atoms with E-state index in [9.17, 15) is 22.0 Å². The molecule has 0 spiro atoms. The van der Waals surface area contributed by atoms with E-state index in [4.69, 9.17) is 5.11 Å². The van der Waals surface area contributed by atoms with Crippen LogP contribution in [0.15, 0.2) is 12.1 Å². The molecule has 1 aromatic carbocycles. The molecule has 0 aliphatic rings. The van der Waals surface area contributed by atoms with Crippen LogP contribution in [0.5, 0.6) is 0 Å². The summed E-state index contributed by atoms with van der Waals surface area (Å²) in [7, 11) is 0. The standard InChI is InChI=1S/C8H5F5O/c9-5-1-2-6(10)7(4(5)3-14)8(11,12)13/h1-2,14H,3H2. The van der Waals surface area contributed by atoms with E-state index >= 15 is 0 Å². The summed E-state index contributed by atoms with van der Waals surface area (Å²) in [5.74, 6) is -2.87. The summed E-state index contributed by atoms with van der Waals surface area (Å²) in [6, 6.07) is 0.910. The van der Waals surface area contributed by atoms with Crippen LogP contribution in [0.25, 0.3) is 0 Å². The van der Waals surface area contributed by atoms with Gasteiger partial charge < -0.3 is 5.11 Å². The molecule has 0 aliphatic carbocycles. The average Bonchev–Trinajstić information content (AvgIpc) is 2.06. The molecule has 14 heavy (non-hydrogen) atoms. The zero-order valence-electron chi connectivity index (χ0n) is 6.70. The molecule has 1 rings (SSSR count). The van der Waals surface area contributed by atoms with Gasteiger partial charge in [0.05, 0.1) is 12.2 Å². The molecule has 6 heteroatoms. The lowest BCUT2D eigenvalue weighted by molar-refractivity contribution is -0.141. The van der Waals surface area contributed by atoms with E-state index < -0.39 is 35.5 Å². The number of rotatable bonds is 1.